The van der Waals surface area contributed by atoms with Crippen LogP contribution in [-0.2, 0) is 15.6 Å². The Morgan fingerprint density at radius 2 is 2.17 bits per heavy atom. The van der Waals surface area contributed by atoms with Crippen LogP contribution in [0, 0.1) is 0 Å². The molecule has 0 saturated carbocycles. The largest absolute Gasteiger partial charge is 0.508 e. The minimum Gasteiger partial charge on any atom is -0.508 e. The van der Waals surface area contributed by atoms with E-state index >= 15 is 0 Å². The van der Waals surface area contributed by atoms with Crippen LogP contribution in [0.2, 0.25) is 0 Å². The van der Waals surface area contributed by atoms with Gasteiger partial charge in [-0.15, -0.1) is 0 Å². The fourth-order valence-electron chi connectivity index (χ4n) is 1.63. The third-order valence-corrected chi connectivity index (χ3v) is 3.08. The summed E-state index contributed by atoms with van der Waals surface area (Å²) in [5.41, 5.74) is -0.134. The van der Waals surface area contributed by atoms with Crippen molar-refractivity contribution < 1.29 is 23.4 Å². The van der Waals surface area contributed by atoms with E-state index in [0.29, 0.717) is 0 Å². The minimum atomic E-state index is -3.33. The number of carbonyl (C=O) groups is 1. The number of imidazole rings is 1. The molecule has 2 heterocycles. The van der Waals surface area contributed by atoms with E-state index in [-0.39, 0.29) is 28.5 Å². The van der Waals surface area contributed by atoms with Crippen molar-refractivity contribution in [1.82, 2.24) is 9.38 Å². The fraction of sp³-hybridized carbons (Fsp3) is 0.200. The molecule has 0 aliphatic rings. The molecule has 0 spiro atoms. The molecule has 0 amide bonds. The highest BCUT2D eigenvalue weighted by Gasteiger charge is 2.19. The van der Waals surface area contributed by atoms with Crippen LogP contribution in [0.4, 0.5) is 0 Å². The molecule has 0 atom stereocenters. The Hall–Kier alpha value is -2.09. The summed E-state index contributed by atoms with van der Waals surface area (Å²) in [4.78, 5) is 14.8. The zero-order valence-electron chi connectivity index (χ0n) is 9.36. The van der Waals surface area contributed by atoms with E-state index < -0.39 is 15.8 Å². The van der Waals surface area contributed by atoms with Crippen molar-refractivity contribution in [1.29, 1.82) is 0 Å². The lowest BCUT2D eigenvalue weighted by Crippen LogP contribution is -2.05. The highest BCUT2D eigenvalue weighted by molar-refractivity contribution is 7.89. The normalized spacial score (nSPS) is 11.8. The van der Waals surface area contributed by atoms with Crippen LogP contribution >= 0.6 is 0 Å². The summed E-state index contributed by atoms with van der Waals surface area (Å²) in [6, 6.07) is 2.55. The molecule has 0 aromatic carbocycles. The summed E-state index contributed by atoms with van der Waals surface area (Å²) in [6.07, 6.45) is 2.42. The van der Waals surface area contributed by atoms with Crippen molar-refractivity contribution in [3.8, 4) is 5.75 Å². The van der Waals surface area contributed by atoms with Gasteiger partial charge in [-0.25, -0.2) is 18.2 Å². The summed E-state index contributed by atoms with van der Waals surface area (Å²) >= 11 is 0. The predicted molar refractivity (Wildman–Crippen MR) is 62.4 cm³/mol. The fourth-order valence-corrected chi connectivity index (χ4v) is 2.30. The molecule has 2 aromatic heterocycles. The van der Waals surface area contributed by atoms with Crippen molar-refractivity contribution in [3.63, 3.8) is 0 Å². The van der Waals surface area contributed by atoms with Crippen LogP contribution in [0.15, 0.2) is 18.3 Å². The van der Waals surface area contributed by atoms with Crippen molar-refractivity contribution in [2.24, 2.45) is 0 Å². The van der Waals surface area contributed by atoms with Crippen LogP contribution in [0.3, 0.4) is 0 Å². The molecule has 2 aromatic rings. The molecule has 0 fully saturated rings. The van der Waals surface area contributed by atoms with Gasteiger partial charge in [0.25, 0.3) is 0 Å². The van der Waals surface area contributed by atoms with Crippen LogP contribution in [0.25, 0.3) is 5.52 Å². The monoisotopic (exact) mass is 270 g/mol. The van der Waals surface area contributed by atoms with E-state index in [9.17, 15) is 18.3 Å². The zero-order chi connectivity index (χ0) is 13.5. The Bertz CT molecular complexity index is 732. The molecule has 0 saturated heterocycles. The minimum absolute atomic E-state index is 0.102. The van der Waals surface area contributed by atoms with E-state index in [1.165, 1.54) is 22.7 Å². The molecule has 0 bridgehead atoms. The summed E-state index contributed by atoms with van der Waals surface area (Å²) in [5.74, 6) is -1.66. The number of fused-ring (bicyclic) bond motifs is 1. The summed E-state index contributed by atoms with van der Waals surface area (Å²) < 4.78 is 23.8. The maximum absolute atomic E-state index is 11.2. The van der Waals surface area contributed by atoms with Crippen molar-refractivity contribution >= 4 is 21.3 Å². The molecule has 0 aliphatic carbocycles. The maximum Gasteiger partial charge on any atom is 0.356 e. The van der Waals surface area contributed by atoms with E-state index in [1.54, 1.807) is 0 Å². The Morgan fingerprint density at radius 1 is 1.50 bits per heavy atom. The Kier molecular flexibility index (Phi) is 2.74. The smallest absolute Gasteiger partial charge is 0.356 e. The number of hydrogen-bond acceptors (Lipinski definition) is 5. The zero-order valence-corrected chi connectivity index (χ0v) is 10.2. The van der Waals surface area contributed by atoms with Gasteiger partial charge in [0.15, 0.2) is 15.5 Å². The van der Waals surface area contributed by atoms with E-state index in [1.807, 2.05) is 0 Å². The van der Waals surface area contributed by atoms with Crippen LogP contribution in [-0.4, -0.2) is 40.2 Å². The number of pyridine rings is 1. The van der Waals surface area contributed by atoms with Crippen LogP contribution in [0.1, 0.15) is 16.3 Å². The first-order chi connectivity index (χ1) is 8.28. The standard InChI is InChI=1S/C10H10N2O5S/c1-18(16,17)5-8-11-9(10(14)15)7-4-6(13)2-3-12(7)8/h2-4,13H,5H2,1H3,(H,14,15). The second kappa shape index (κ2) is 3.98. The molecule has 0 aliphatic heterocycles. The number of aromatic carboxylic acids is 1. The molecular formula is C10H10N2O5S. The number of rotatable bonds is 3. The van der Waals surface area contributed by atoms with Gasteiger partial charge in [-0.2, -0.15) is 0 Å². The molecule has 2 N–H and O–H groups in total. The number of carboxylic acid groups (broad SMARTS) is 1. The molecule has 96 valence electrons. The lowest BCUT2D eigenvalue weighted by atomic mass is 10.3. The van der Waals surface area contributed by atoms with Gasteiger partial charge in [0, 0.05) is 18.5 Å². The second-order valence-electron chi connectivity index (χ2n) is 3.89. The van der Waals surface area contributed by atoms with Gasteiger partial charge in [0.05, 0.1) is 5.52 Å². The summed E-state index contributed by atoms with van der Waals surface area (Å²) in [6.45, 7) is 0. The number of aromatic hydroxyl groups is 1. The van der Waals surface area contributed by atoms with Gasteiger partial charge in [0.2, 0.25) is 0 Å². The van der Waals surface area contributed by atoms with Crippen LogP contribution in [0.5, 0.6) is 5.75 Å². The van der Waals surface area contributed by atoms with Crippen molar-refractivity contribution in [2.75, 3.05) is 6.26 Å². The molecule has 2 rings (SSSR count). The number of carboxylic acids is 1. The molecule has 8 heteroatoms. The number of aromatic nitrogens is 2. The van der Waals surface area contributed by atoms with Gasteiger partial charge in [-0.3, -0.25) is 0 Å². The van der Waals surface area contributed by atoms with E-state index in [0.717, 1.165) is 6.26 Å². The predicted octanol–water partition coefficient (Wildman–Crippen LogP) is 0.283. The lowest BCUT2D eigenvalue weighted by molar-refractivity contribution is 0.0693. The third kappa shape index (κ3) is 2.28. The molecule has 0 radical (unpaired) electrons. The topological polar surface area (TPSA) is 109 Å². The maximum atomic E-state index is 11.2. The number of nitrogens with zero attached hydrogens (tertiary/aromatic N) is 2. The first-order valence-electron chi connectivity index (χ1n) is 4.89. The van der Waals surface area contributed by atoms with Gasteiger partial charge < -0.3 is 14.6 Å². The Morgan fingerprint density at radius 3 is 2.72 bits per heavy atom. The first kappa shape index (κ1) is 12.4. The highest BCUT2D eigenvalue weighted by Crippen LogP contribution is 2.19. The lowest BCUT2D eigenvalue weighted by Gasteiger charge is -2.00. The summed E-state index contributed by atoms with van der Waals surface area (Å²) in [7, 11) is -3.33. The van der Waals surface area contributed by atoms with Crippen LogP contribution < -0.4 is 0 Å². The number of sulfone groups is 1. The summed E-state index contributed by atoms with van der Waals surface area (Å²) in [5, 5.41) is 18.3. The van der Waals surface area contributed by atoms with Gasteiger partial charge in [-0.05, 0) is 6.07 Å². The quantitative estimate of drug-likeness (QED) is 0.829. The Labute approximate surface area is 102 Å². The Balaban J connectivity index is 2.72. The van der Waals surface area contributed by atoms with E-state index in [4.69, 9.17) is 5.11 Å². The average Bonchev–Trinajstić information content (AvgIpc) is 2.54. The van der Waals surface area contributed by atoms with E-state index in [2.05, 4.69) is 4.98 Å². The highest BCUT2D eigenvalue weighted by atomic mass is 32.2. The number of hydrogen-bond donors (Lipinski definition) is 2. The van der Waals surface area contributed by atoms with Gasteiger partial charge in [0.1, 0.15) is 17.3 Å². The SMILES string of the molecule is CS(=O)(=O)Cc1nc(C(=O)O)c2cc(O)ccn12. The molecular weight excluding hydrogens is 260 g/mol. The van der Waals surface area contributed by atoms with Crippen molar-refractivity contribution in [2.45, 2.75) is 5.75 Å². The van der Waals surface area contributed by atoms with Gasteiger partial charge in [-0.1, -0.05) is 0 Å². The van der Waals surface area contributed by atoms with Gasteiger partial charge >= 0.3 is 5.97 Å². The molecule has 0 unspecified atom stereocenters. The molecule has 7 nitrogen and oxygen atoms in total. The van der Waals surface area contributed by atoms with Crippen molar-refractivity contribution in [3.05, 3.63) is 29.8 Å². The first-order valence-corrected chi connectivity index (χ1v) is 6.95. The second-order valence-corrected chi connectivity index (χ2v) is 6.03. The molecule has 18 heavy (non-hydrogen) atoms. The average molecular weight is 270 g/mol. The third-order valence-electron chi connectivity index (χ3n) is 2.29.